The Bertz CT molecular complexity index is 893. The van der Waals surface area contributed by atoms with Crippen LogP contribution in [0.2, 0.25) is 5.02 Å². The molecule has 4 nitrogen and oxygen atoms in total. The third-order valence-corrected chi connectivity index (χ3v) is 5.64. The molecule has 1 aliphatic heterocycles. The van der Waals surface area contributed by atoms with Crippen LogP contribution in [-0.4, -0.2) is 34.0 Å². The van der Waals surface area contributed by atoms with Crippen molar-refractivity contribution in [3.8, 4) is 0 Å². The lowest BCUT2D eigenvalue weighted by atomic mass is 10.0. The van der Waals surface area contributed by atoms with Crippen LogP contribution in [0, 0.1) is 6.92 Å². The Labute approximate surface area is 168 Å². The third kappa shape index (κ3) is 4.87. The Morgan fingerprint density at radius 1 is 1.22 bits per heavy atom. The van der Waals surface area contributed by atoms with Crippen molar-refractivity contribution in [1.82, 2.24) is 4.90 Å². The Hall–Kier alpha value is -2.37. The van der Waals surface area contributed by atoms with Gasteiger partial charge in [-0.2, -0.15) is 5.10 Å². The minimum absolute atomic E-state index is 0.0450. The second-order valence-electron chi connectivity index (χ2n) is 6.15. The molecule has 27 heavy (non-hydrogen) atoms. The SMILES string of the molecule is C=CCN1C(=O)[C@@H](Cc2ccccc2C)S/C1=N/N=C\c1ccc(Cl)cc1. The molecule has 0 saturated carbocycles. The monoisotopic (exact) mass is 397 g/mol. The summed E-state index contributed by atoms with van der Waals surface area (Å²) in [5, 5.41) is 9.50. The summed E-state index contributed by atoms with van der Waals surface area (Å²) in [4.78, 5) is 14.4. The van der Waals surface area contributed by atoms with Crippen molar-refractivity contribution in [2.75, 3.05) is 6.54 Å². The molecule has 0 bridgehead atoms. The van der Waals surface area contributed by atoms with E-state index in [1.807, 2.05) is 24.3 Å². The molecular formula is C21H20ClN3OS. The number of hydrogen-bond donors (Lipinski definition) is 0. The molecule has 0 aliphatic carbocycles. The van der Waals surface area contributed by atoms with Crippen LogP contribution in [0.1, 0.15) is 16.7 Å². The molecule has 2 aromatic carbocycles. The van der Waals surface area contributed by atoms with Gasteiger partial charge in [0.15, 0.2) is 5.17 Å². The fourth-order valence-electron chi connectivity index (χ4n) is 2.75. The molecule has 0 spiro atoms. The van der Waals surface area contributed by atoms with Gasteiger partial charge in [-0.1, -0.05) is 65.8 Å². The number of aryl methyl sites for hydroxylation is 1. The van der Waals surface area contributed by atoms with E-state index in [0.29, 0.717) is 23.2 Å². The molecule has 0 radical (unpaired) electrons. The van der Waals surface area contributed by atoms with Crippen LogP contribution >= 0.6 is 23.4 Å². The molecule has 3 rings (SSSR count). The highest BCUT2D eigenvalue weighted by atomic mass is 35.5. The normalized spacial score (nSPS) is 18.6. The van der Waals surface area contributed by atoms with Crippen LogP contribution in [0.3, 0.4) is 0 Å². The number of thioether (sulfide) groups is 1. The zero-order valence-corrected chi connectivity index (χ0v) is 16.6. The molecule has 2 aromatic rings. The first-order chi connectivity index (χ1) is 13.1. The molecule has 1 fully saturated rings. The fourth-order valence-corrected chi connectivity index (χ4v) is 4.00. The third-order valence-electron chi connectivity index (χ3n) is 4.22. The molecule has 1 amide bonds. The van der Waals surface area contributed by atoms with Gasteiger partial charge in [0.25, 0.3) is 0 Å². The van der Waals surface area contributed by atoms with Crippen molar-refractivity contribution < 1.29 is 4.79 Å². The van der Waals surface area contributed by atoms with Crippen molar-refractivity contribution >= 4 is 40.7 Å². The highest BCUT2D eigenvalue weighted by Gasteiger charge is 2.37. The number of amidine groups is 1. The molecule has 0 unspecified atom stereocenters. The lowest BCUT2D eigenvalue weighted by Gasteiger charge is -2.13. The van der Waals surface area contributed by atoms with E-state index in [4.69, 9.17) is 11.6 Å². The number of rotatable bonds is 6. The van der Waals surface area contributed by atoms with E-state index in [2.05, 4.69) is 35.8 Å². The summed E-state index contributed by atoms with van der Waals surface area (Å²) in [5.41, 5.74) is 3.25. The van der Waals surface area contributed by atoms with Gasteiger partial charge in [-0.25, -0.2) is 0 Å². The Balaban J connectivity index is 1.77. The van der Waals surface area contributed by atoms with Gasteiger partial charge in [-0.3, -0.25) is 9.69 Å². The van der Waals surface area contributed by atoms with E-state index >= 15 is 0 Å². The molecule has 0 aromatic heterocycles. The Morgan fingerprint density at radius 2 is 1.96 bits per heavy atom. The summed E-state index contributed by atoms with van der Waals surface area (Å²) in [6.07, 6.45) is 4.02. The molecule has 138 valence electrons. The summed E-state index contributed by atoms with van der Waals surface area (Å²) in [6.45, 7) is 6.23. The lowest BCUT2D eigenvalue weighted by Crippen LogP contribution is -2.32. The van der Waals surface area contributed by atoms with Gasteiger partial charge < -0.3 is 0 Å². The molecule has 0 N–H and O–H groups in total. The Morgan fingerprint density at radius 3 is 2.67 bits per heavy atom. The topological polar surface area (TPSA) is 45.0 Å². The first-order valence-corrected chi connectivity index (χ1v) is 9.84. The van der Waals surface area contributed by atoms with Crippen LogP contribution in [0.4, 0.5) is 0 Å². The van der Waals surface area contributed by atoms with Gasteiger partial charge in [0.05, 0.1) is 11.5 Å². The van der Waals surface area contributed by atoms with Gasteiger partial charge in [-0.05, 0) is 42.2 Å². The second kappa shape index (κ2) is 9.02. The zero-order chi connectivity index (χ0) is 19.2. The van der Waals surface area contributed by atoms with Crippen LogP contribution in [0.25, 0.3) is 0 Å². The number of carbonyl (C=O) groups excluding carboxylic acids is 1. The van der Waals surface area contributed by atoms with E-state index in [1.54, 1.807) is 29.3 Å². The van der Waals surface area contributed by atoms with Crippen molar-refractivity contribution in [3.05, 3.63) is 82.9 Å². The molecule has 1 heterocycles. The maximum absolute atomic E-state index is 12.8. The summed E-state index contributed by atoms with van der Waals surface area (Å²) < 4.78 is 0. The average molecular weight is 398 g/mol. The lowest BCUT2D eigenvalue weighted by molar-refractivity contribution is -0.125. The van der Waals surface area contributed by atoms with Crippen molar-refractivity contribution in [2.24, 2.45) is 10.2 Å². The van der Waals surface area contributed by atoms with Crippen LogP contribution in [0.15, 0.2) is 71.4 Å². The highest BCUT2D eigenvalue weighted by molar-refractivity contribution is 8.15. The maximum Gasteiger partial charge on any atom is 0.242 e. The summed E-state index contributed by atoms with van der Waals surface area (Å²) in [5.74, 6) is 0.0450. The van der Waals surface area contributed by atoms with Crippen molar-refractivity contribution in [3.63, 3.8) is 0 Å². The van der Waals surface area contributed by atoms with Gasteiger partial charge in [0.2, 0.25) is 5.91 Å². The molecule has 1 saturated heterocycles. The predicted molar refractivity (Wildman–Crippen MR) is 115 cm³/mol. The number of halogens is 1. The number of benzene rings is 2. The second-order valence-corrected chi connectivity index (χ2v) is 7.76. The Kier molecular flexibility index (Phi) is 6.48. The van der Waals surface area contributed by atoms with Gasteiger partial charge >= 0.3 is 0 Å². The van der Waals surface area contributed by atoms with Gasteiger partial charge in [0.1, 0.15) is 0 Å². The van der Waals surface area contributed by atoms with Crippen LogP contribution in [0.5, 0.6) is 0 Å². The smallest absolute Gasteiger partial charge is 0.242 e. The van der Waals surface area contributed by atoms with Crippen LogP contribution in [-0.2, 0) is 11.2 Å². The molecule has 6 heteroatoms. The molecular weight excluding hydrogens is 378 g/mol. The van der Waals surface area contributed by atoms with E-state index in [9.17, 15) is 4.79 Å². The predicted octanol–water partition coefficient (Wildman–Crippen LogP) is 4.71. The minimum atomic E-state index is -0.199. The average Bonchev–Trinajstić information content (AvgIpc) is 2.95. The number of amides is 1. The van der Waals surface area contributed by atoms with E-state index in [-0.39, 0.29) is 11.2 Å². The first-order valence-electron chi connectivity index (χ1n) is 8.58. The van der Waals surface area contributed by atoms with Gasteiger partial charge in [0, 0.05) is 11.6 Å². The summed E-state index contributed by atoms with van der Waals surface area (Å²) in [7, 11) is 0. The molecule has 1 atom stereocenters. The van der Waals surface area contributed by atoms with Crippen molar-refractivity contribution in [1.29, 1.82) is 0 Å². The standard InChI is InChI=1S/C21H20ClN3OS/c1-3-12-25-20(26)19(13-17-7-5-4-6-15(17)2)27-21(25)24-23-14-16-8-10-18(22)11-9-16/h3-11,14,19H,1,12-13H2,2H3/b23-14-,24-21+/t19-/m1/s1. The first kappa shape index (κ1) is 19.4. The quantitative estimate of drug-likeness (QED) is 0.402. The largest absolute Gasteiger partial charge is 0.285 e. The van der Waals surface area contributed by atoms with E-state index in [1.165, 1.54) is 22.9 Å². The zero-order valence-electron chi connectivity index (χ0n) is 15.0. The highest BCUT2D eigenvalue weighted by Crippen LogP contribution is 2.30. The van der Waals surface area contributed by atoms with Gasteiger partial charge in [-0.15, -0.1) is 11.7 Å². The maximum atomic E-state index is 12.8. The van der Waals surface area contributed by atoms with E-state index in [0.717, 1.165) is 5.56 Å². The molecule has 1 aliphatic rings. The fraction of sp³-hybridized carbons (Fsp3) is 0.190. The number of nitrogens with zero attached hydrogens (tertiary/aromatic N) is 3. The number of carbonyl (C=O) groups is 1. The summed E-state index contributed by atoms with van der Waals surface area (Å²) >= 11 is 7.34. The van der Waals surface area contributed by atoms with E-state index < -0.39 is 0 Å². The minimum Gasteiger partial charge on any atom is -0.285 e. The summed E-state index contributed by atoms with van der Waals surface area (Å²) in [6, 6.07) is 15.5. The number of hydrogen-bond acceptors (Lipinski definition) is 4. The van der Waals surface area contributed by atoms with Crippen molar-refractivity contribution in [2.45, 2.75) is 18.6 Å². The van der Waals surface area contributed by atoms with Crippen LogP contribution < -0.4 is 0 Å².